The highest BCUT2D eigenvalue weighted by molar-refractivity contribution is 14.1. The third-order valence-corrected chi connectivity index (χ3v) is 7.15. The lowest BCUT2D eigenvalue weighted by atomic mass is 10.0. The first-order chi connectivity index (χ1) is 6.45. The summed E-state index contributed by atoms with van der Waals surface area (Å²) in [6, 6.07) is 3.85. The van der Waals surface area contributed by atoms with E-state index < -0.39 is 11.9 Å². The van der Waals surface area contributed by atoms with Gasteiger partial charge in [-0.1, -0.05) is 6.07 Å². The first kappa shape index (κ1) is 12.9. The van der Waals surface area contributed by atoms with Crippen molar-refractivity contribution in [2.75, 3.05) is 0 Å². The third-order valence-electron chi connectivity index (χ3n) is 1.90. The molecule has 0 saturated heterocycles. The molecule has 0 heterocycles. The van der Waals surface area contributed by atoms with Gasteiger partial charge in [-0.15, -0.1) is 0 Å². The molecule has 0 radical (unpaired) electrons. The Kier molecular flexibility index (Phi) is 4.88. The van der Waals surface area contributed by atoms with E-state index in [1.54, 1.807) is 6.92 Å². The van der Waals surface area contributed by atoms with Crippen LogP contribution >= 0.6 is 67.8 Å². The van der Waals surface area contributed by atoms with Gasteiger partial charge in [0.05, 0.1) is 5.92 Å². The SMILES string of the molecule is CC(C(=O)O)c1ccc(I)c(I)c1I. The molecule has 1 rings (SSSR count). The van der Waals surface area contributed by atoms with E-state index in [1.165, 1.54) is 0 Å². The molecule has 1 unspecified atom stereocenters. The molecular formula is C9H7I3O2. The number of carboxylic acid groups (broad SMARTS) is 1. The Hall–Kier alpha value is 0.880. The fourth-order valence-electron chi connectivity index (χ4n) is 1.01. The summed E-state index contributed by atoms with van der Waals surface area (Å²) in [6.07, 6.45) is 0. The maximum absolute atomic E-state index is 10.8. The van der Waals surface area contributed by atoms with Crippen molar-refractivity contribution < 1.29 is 9.90 Å². The Morgan fingerprint density at radius 2 is 1.86 bits per heavy atom. The van der Waals surface area contributed by atoms with Crippen LogP contribution in [0.5, 0.6) is 0 Å². The molecule has 0 spiro atoms. The molecule has 0 aliphatic heterocycles. The van der Waals surface area contributed by atoms with Crippen LogP contribution in [0.2, 0.25) is 0 Å². The Balaban J connectivity index is 3.24. The van der Waals surface area contributed by atoms with Crippen molar-refractivity contribution in [3.8, 4) is 0 Å². The molecule has 1 N–H and O–H groups in total. The van der Waals surface area contributed by atoms with E-state index in [-0.39, 0.29) is 0 Å². The monoisotopic (exact) mass is 528 g/mol. The Morgan fingerprint density at radius 3 is 2.36 bits per heavy atom. The maximum atomic E-state index is 10.8. The molecule has 76 valence electrons. The van der Waals surface area contributed by atoms with Gasteiger partial charge in [0.25, 0.3) is 0 Å². The summed E-state index contributed by atoms with van der Waals surface area (Å²) in [6.45, 7) is 1.71. The number of halogens is 3. The number of hydrogen-bond donors (Lipinski definition) is 1. The van der Waals surface area contributed by atoms with E-state index in [1.807, 2.05) is 12.1 Å². The largest absolute Gasteiger partial charge is 0.481 e. The fourth-order valence-corrected chi connectivity index (χ4v) is 3.40. The van der Waals surface area contributed by atoms with E-state index in [0.29, 0.717) is 0 Å². The van der Waals surface area contributed by atoms with Gasteiger partial charge < -0.3 is 5.11 Å². The normalized spacial score (nSPS) is 12.6. The summed E-state index contributed by atoms with van der Waals surface area (Å²) < 4.78 is 3.34. The highest BCUT2D eigenvalue weighted by Gasteiger charge is 2.18. The minimum Gasteiger partial charge on any atom is -0.481 e. The topological polar surface area (TPSA) is 37.3 Å². The highest BCUT2D eigenvalue weighted by Crippen LogP contribution is 2.29. The Labute approximate surface area is 123 Å². The smallest absolute Gasteiger partial charge is 0.310 e. The molecular weight excluding hydrogens is 521 g/mol. The van der Waals surface area contributed by atoms with Crippen LogP contribution in [0.15, 0.2) is 12.1 Å². The summed E-state index contributed by atoms with van der Waals surface area (Å²) in [4.78, 5) is 10.8. The van der Waals surface area contributed by atoms with Crippen molar-refractivity contribution in [2.24, 2.45) is 0 Å². The van der Waals surface area contributed by atoms with Gasteiger partial charge in [-0.2, -0.15) is 0 Å². The fraction of sp³-hybridized carbons (Fsp3) is 0.222. The first-order valence-corrected chi connectivity index (χ1v) is 7.05. The zero-order valence-electron chi connectivity index (χ0n) is 7.22. The molecule has 2 nitrogen and oxygen atoms in total. The van der Waals surface area contributed by atoms with E-state index in [9.17, 15) is 4.79 Å². The van der Waals surface area contributed by atoms with Crippen LogP contribution in [-0.2, 0) is 4.79 Å². The number of benzene rings is 1. The second-order valence-corrected chi connectivity index (χ2v) is 6.14. The molecule has 0 bridgehead atoms. The van der Waals surface area contributed by atoms with Gasteiger partial charge in [-0.05, 0) is 86.3 Å². The molecule has 0 aliphatic carbocycles. The van der Waals surface area contributed by atoms with Crippen LogP contribution in [0, 0.1) is 10.7 Å². The lowest BCUT2D eigenvalue weighted by Crippen LogP contribution is -2.10. The van der Waals surface area contributed by atoms with E-state index in [2.05, 4.69) is 67.8 Å². The van der Waals surface area contributed by atoms with Crippen LogP contribution in [0.4, 0.5) is 0 Å². The number of hydrogen-bond acceptors (Lipinski definition) is 1. The van der Waals surface area contributed by atoms with Crippen LogP contribution in [-0.4, -0.2) is 11.1 Å². The molecule has 0 aliphatic rings. The zero-order valence-corrected chi connectivity index (χ0v) is 13.7. The second-order valence-electron chi connectivity index (χ2n) is 2.82. The minimum absolute atomic E-state index is 0.438. The Morgan fingerprint density at radius 1 is 1.29 bits per heavy atom. The summed E-state index contributed by atoms with van der Waals surface area (Å²) >= 11 is 6.69. The minimum atomic E-state index is -0.778. The molecule has 0 amide bonds. The lowest BCUT2D eigenvalue weighted by molar-refractivity contribution is -0.138. The van der Waals surface area contributed by atoms with Crippen molar-refractivity contribution in [3.63, 3.8) is 0 Å². The van der Waals surface area contributed by atoms with Crippen molar-refractivity contribution in [1.29, 1.82) is 0 Å². The van der Waals surface area contributed by atoms with Crippen LogP contribution in [0.1, 0.15) is 18.4 Å². The zero-order chi connectivity index (χ0) is 10.9. The average molecular weight is 528 g/mol. The molecule has 0 aromatic heterocycles. The van der Waals surface area contributed by atoms with Crippen LogP contribution in [0.3, 0.4) is 0 Å². The Bertz CT molecular complexity index is 377. The molecule has 1 aromatic carbocycles. The van der Waals surface area contributed by atoms with Gasteiger partial charge in [0, 0.05) is 10.7 Å². The van der Waals surface area contributed by atoms with Crippen LogP contribution < -0.4 is 0 Å². The maximum Gasteiger partial charge on any atom is 0.310 e. The summed E-state index contributed by atoms with van der Waals surface area (Å²) in [5.41, 5.74) is 0.892. The van der Waals surface area contributed by atoms with Crippen LogP contribution in [0.25, 0.3) is 0 Å². The van der Waals surface area contributed by atoms with Crippen molar-refractivity contribution >= 4 is 73.7 Å². The third kappa shape index (κ3) is 2.71. The van der Waals surface area contributed by atoms with Crippen molar-refractivity contribution in [1.82, 2.24) is 0 Å². The molecule has 0 saturated carbocycles. The molecule has 1 aromatic rings. The van der Waals surface area contributed by atoms with Gasteiger partial charge >= 0.3 is 5.97 Å². The predicted octanol–water partition coefficient (Wildman–Crippen LogP) is 3.69. The van der Waals surface area contributed by atoms with E-state index in [4.69, 9.17) is 5.11 Å². The number of carboxylic acids is 1. The van der Waals surface area contributed by atoms with Gasteiger partial charge in [-0.25, -0.2) is 0 Å². The number of rotatable bonds is 2. The van der Waals surface area contributed by atoms with E-state index in [0.717, 1.165) is 16.3 Å². The standard InChI is InChI=1S/C9H7I3O2/c1-4(9(13)14)5-2-3-6(10)8(12)7(5)11/h2-4H,1H3,(H,13,14). The summed E-state index contributed by atoms with van der Waals surface area (Å²) in [5, 5.41) is 8.91. The number of aliphatic carboxylic acids is 1. The highest BCUT2D eigenvalue weighted by atomic mass is 127. The van der Waals surface area contributed by atoms with Gasteiger partial charge in [-0.3, -0.25) is 4.79 Å². The molecule has 1 atom stereocenters. The van der Waals surface area contributed by atoms with Crippen molar-refractivity contribution in [3.05, 3.63) is 28.4 Å². The predicted molar refractivity (Wildman–Crippen MR) is 80.6 cm³/mol. The summed E-state index contributed by atoms with van der Waals surface area (Å²) in [5.74, 6) is -1.22. The lowest BCUT2D eigenvalue weighted by Gasteiger charge is -2.11. The van der Waals surface area contributed by atoms with Crippen molar-refractivity contribution in [2.45, 2.75) is 12.8 Å². The van der Waals surface area contributed by atoms with Gasteiger partial charge in [0.2, 0.25) is 0 Å². The molecule has 5 heteroatoms. The number of carbonyl (C=O) groups is 1. The summed E-state index contributed by atoms with van der Waals surface area (Å²) in [7, 11) is 0. The van der Waals surface area contributed by atoms with E-state index >= 15 is 0 Å². The van der Waals surface area contributed by atoms with Gasteiger partial charge in [0.15, 0.2) is 0 Å². The quantitative estimate of drug-likeness (QED) is 0.471. The first-order valence-electron chi connectivity index (χ1n) is 3.81. The average Bonchev–Trinajstić information content (AvgIpc) is 2.13. The molecule has 0 fully saturated rings. The second kappa shape index (κ2) is 5.28. The molecule has 14 heavy (non-hydrogen) atoms. The van der Waals surface area contributed by atoms with Gasteiger partial charge in [0.1, 0.15) is 0 Å².